The highest BCUT2D eigenvalue weighted by Crippen LogP contribution is 1.99. The Hall–Kier alpha value is -0.170. The van der Waals surface area contributed by atoms with E-state index in [9.17, 15) is 8.42 Å². The van der Waals surface area contributed by atoms with Gasteiger partial charge >= 0.3 is 10.4 Å². The van der Waals surface area contributed by atoms with Gasteiger partial charge in [-0.05, 0) is 6.42 Å². The van der Waals surface area contributed by atoms with Gasteiger partial charge in [-0.25, -0.2) is 4.18 Å². The molecule has 0 rings (SSSR count). The molecule has 0 radical (unpaired) electrons. The zero-order valence-corrected chi connectivity index (χ0v) is 6.47. The van der Waals surface area contributed by atoms with Gasteiger partial charge in [-0.15, -0.1) is 0 Å². The van der Waals surface area contributed by atoms with Crippen molar-refractivity contribution in [3.63, 3.8) is 0 Å². The van der Waals surface area contributed by atoms with Gasteiger partial charge in [-0.2, -0.15) is 8.42 Å². The molecule has 0 amide bonds. The minimum atomic E-state index is -4.33. The van der Waals surface area contributed by atoms with Crippen LogP contribution in [0.4, 0.5) is 0 Å². The first kappa shape index (κ1) is 9.83. The second-order valence-corrected chi connectivity index (χ2v) is 2.84. The Bertz CT molecular complexity index is 172. The molecule has 0 spiro atoms. The molecule has 1 atom stereocenters. The minimum Gasteiger partial charge on any atom is -0.328 e. The first-order chi connectivity index (χ1) is 4.49. The van der Waals surface area contributed by atoms with E-state index < -0.39 is 16.5 Å². The van der Waals surface area contributed by atoms with Crippen LogP contribution in [0.2, 0.25) is 0 Å². The van der Waals surface area contributed by atoms with E-state index >= 15 is 0 Å². The molecule has 3 N–H and O–H groups in total. The molecule has 0 aromatic heterocycles. The Morgan fingerprint density at radius 1 is 1.70 bits per heavy atom. The van der Waals surface area contributed by atoms with E-state index in [1.165, 1.54) is 0 Å². The fourth-order valence-electron chi connectivity index (χ4n) is 0.446. The van der Waals surface area contributed by atoms with Crippen molar-refractivity contribution >= 4 is 10.4 Å². The fourth-order valence-corrected chi connectivity index (χ4v) is 1.00. The summed E-state index contributed by atoms with van der Waals surface area (Å²) in [6, 6.07) is 0. The van der Waals surface area contributed by atoms with E-state index in [0.29, 0.717) is 6.42 Å². The van der Waals surface area contributed by atoms with E-state index in [2.05, 4.69) is 4.18 Å². The van der Waals surface area contributed by atoms with E-state index in [1.807, 2.05) is 0 Å². The van der Waals surface area contributed by atoms with Crippen LogP contribution < -0.4 is 5.73 Å². The summed E-state index contributed by atoms with van der Waals surface area (Å²) in [7, 11) is -4.33. The van der Waals surface area contributed by atoms with Crippen LogP contribution in [0.1, 0.15) is 13.3 Å². The second-order valence-electron chi connectivity index (χ2n) is 1.79. The monoisotopic (exact) mass is 169 g/mol. The number of hydrogen-bond donors (Lipinski definition) is 2. The molecule has 1 unspecified atom stereocenters. The summed E-state index contributed by atoms with van der Waals surface area (Å²) in [6.07, 6.45) is -0.161. The van der Waals surface area contributed by atoms with Gasteiger partial charge in [0.15, 0.2) is 0 Å². The minimum absolute atomic E-state index is 0.0797. The number of rotatable bonds is 4. The predicted molar refractivity (Wildman–Crippen MR) is 35.8 cm³/mol. The molecule has 0 bridgehead atoms. The third kappa shape index (κ3) is 4.68. The molecule has 0 aromatic carbocycles. The molecule has 5 nitrogen and oxygen atoms in total. The lowest BCUT2D eigenvalue weighted by atomic mass is 10.3. The number of nitrogens with two attached hydrogens (primary N) is 1. The maximum atomic E-state index is 10.0. The summed E-state index contributed by atoms with van der Waals surface area (Å²) >= 11 is 0. The van der Waals surface area contributed by atoms with Crippen LogP contribution in [-0.4, -0.2) is 25.6 Å². The van der Waals surface area contributed by atoms with E-state index in [0.717, 1.165) is 0 Å². The molecule has 0 heterocycles. The Morgan fingerprint density at radius 2 is 2.20 bits per heavy atom. The highest BCUT2D eigenvalue weighted by Gasteiger charge is 2.12. The zero-order valence-electron chi connectivity index (χ0n) is 5.65. The standard InChI is InChI=1S/C4H11NO4S/c1-2-4(3-5)9-10(6,7)8/h4H,2-3,5H2,1H3,(H,6,7,8). The van der Waals surface area contributed by atoms with Gasteiger partial charge in [0.2, 0.25) is 0 Å². The Kier molecular flexibility index (Phi) is 3.80. The van der Waals surface area contributed by atoms with Gasteiger partial charge in [0, 0.05) is 6.54 Å². The van der Waals surface area contributed by atoms with Gasteiger partial charge in [0.05, 0.1) is 6.10 Å². The zero-order chi connectivity index (χ0) is 8.20. The van der Waals surface area contributed by atoms with Crippen molar-refractivity contribution < 1.29 is 17.2 Å². The van der Waals surface area contributed by atoms with Crippen molar-refractivity contribution in [3.8, 4) is 0 Å². The van der Waals surface area contributed by atoms with Crippen LogP contribution in [0.5, 0.6) is 0 Å². The van der Waals surface area contributed by atoms with Crippen LogP contribution in [0.3, 0.4) is 0 Å². The molecule has 0 aliphatic rings. The SMILES string of the molecule is CCC(CN)OS(=O)(=O)O. The quantitative estimate of drug-likeness (QED) is 0.556. The molecule has 0 aliphatic heterocycles. The highest BCUT2D eigenvalue weighted by molar-refractivity contribution is 7.80. The molecule has 6 heteroatoms. The lowest BCUT2D eigenvalue weighted by Crippen LogP contribution is -2.25. The van der Waals surface area contributed by atoms with Crippen molar-refractivity contribution in [1.29, 1.82) is 0 Å². The number of hydrogen-bond acceptors (Lipinski definition) is 4. The Balaban J connectivity index is 3.87. The molecule has 0 saturated heterocycles. The largest absolute Gasteiger partial charge is 0.397 e. The van der Waals surface area contributed by atoms with Crippen molar-refractivity contribution in [2.24, 2.45) is 5.73 Å². The summed E-state index contributed by atoms with van der Waals surface area (Å²) < 4.78 is 32.4. The van der Waals surface area contributed by atoms with Gasteiger partial charge in [-0.1, -0.05) is 6.92 Å². The molecule has 62 valence electrons. The van der Waals surface area contributed by atoms with Crippen molar-refractivity contribution in [2.75, 3.05) is 6.54 Å². The van der Waals surface area contributed by atoms with Gasteiger partial charge < -0.3 is 5.73 Å². The molecule has 0 saturated carbocycles. The molecule has 0 aromatic rings. The van der Waals surface area contributed by atoms with Crippen molar-refractivity contribution in [1.82, 2.24) is 0 Å². The average molecular weight is 169 g/mol. The molecular weight excluding hydrogens is 158 g/mol. The summed E-state index contributed by atoms with van der Waals surface area (Å²) in [4.78, 5) is 0. The van der Waals surface area contributed by atoms with Crippen LogP contribution in [-0.2, 0) is 14.6 Å². The third-order valence-electron chi connectivity index (χ3n) is 0.976. The summed E-state index contributed by atoms with van der Waals surface area (Å²) in [5.41, 5.74) is 5.09. The Labute approximate surface area is 60.1 Å². The smallest absolute Gasteiger partial charge is 0.328 e. The fraction of sp³-hybridized carbons (Fsp3) is 1.00. The normalized spacial score (nSPS) is 15.1. The van der Waals surface area contributed by atoms with Gasteiger partial charge in [0.1, 0.15) is 0 Å². The maximum absolute atomic E-state index is 10.0. The molecule has 10 heavy (non-hydrogen) atoms. The topological polar surface area (TPSA) is 89.6 Å². The summed E-state index contributed by atoms with van der Waals surface area (Å²) in [5, 5.41) is 0. The van der Waals surface area contributed by atoms with Gasteiger partial charge in [0.25, 0.3) is 0 Å². The lowest BCUT2D eigenvalue weighted by molar-refractivity contribution is 0.184. The van der Waals surface area contributed by atoms with Crippen LogP contribution in [0.25, 0.3) is 0 Å². The molecule has 0 aliphatic carbocycles. The third-order valence-corrected chi connectivity index (χ3v) is 1.49. The summed E-state index contributed by atoms with van der Waals surface area (Å²) in [6.45, 7) is 1.79. The van der Waals surface area contributed by atoms with Crippen molar-refractivity contribution in [2.45, 2.75) is 19.4 Å². The first-order valence-corrected chi connectivity index (χ1v) is 4.22. The predicted octanol–water partition coefficient (Wildman–Crippen LogP) is -0.457. The van der Waals surface area contributed by atoms with Crippen molar-refractivity contribution in [3.05, 3.63) is 0 Å². The Morgan fingerprint density at radius 3 is 2.30 bits per heavy atom. The lowest BCUT2D eigenvalue weighted by Gasteiger charge is -2.08. The second kappa shape index (κ2) is 3.87. The average Bonchev–Trinajstić information content (AvgIpc) is 1.81. The van der Waals surface area contributed by atoms with E-state index in [1.54, 1.807) is 6.92 Å². The van der Waals surface area contributed by atoms with Crippen LogP contribution in [0.15, 0.2) is 0 Å². The highest BCUT2D eigenvalue weighted by atomic mass is 32.3. The van der Waals surface area contributed by atoms with E-state index in [-0.39, 0.29) is 6.54 Å². The van der Waals surface area contributed by atoms with E-state index in [4.69, 9.17) is 10.3 Å². The van der Waals surface area contributed by atoms with Crippen LogP contribution >= 0.6 is 0 Å². The maximum Gasteiger partial charge on any atom is 0.397 e. The summed E-state index contributed by atoms with van der Waals surface area (Å²) in [5.74, 6) is 0. The molecule has 0 fully saturated rings. The first-order valence-electron chi connectivity index (χ1n) is 2.85. The molecular formula is C4H11NO4S. The van der Waals surface area contributed by atoms with Crippen LogP contribution in [0, 0.1) is 0 Å². The van der Waals surface area contributed by atoms with Gasteiger partial charge in [-0.3, -0.25) is 4.55 Å².